The first-order valence-corrected chi connectivity index (χ1v) is 9.39. The molecule has 2 heterocycles. The third-order valence-corrected chi connectivity index (χ3v) is 6.21. The predicted molar refractivity (Wildman–Crippen MR) is 107 cm³/mol. The number of carboxylic acids is 1. The molecule has 0 unspecified atom stereocenters. The van der Waals surface area contributed by atoms with Crippen molar-refractivity contribution < 1.29 is 9.90 Å². The maximum absolute atomic E-state index is 11.6. The smallest absolute Gasteiger partial charge is 0.338 e. The highest BCUT2D eigenvalue weighted by Crippen LogP contribution is 2.43. The number of carboxylic acid groups (broad SMARTS) is 1. The second-order valence-corrected chi connectivity index (χ2v) is 7.93. The zero-order valence-electron chi connectivity index (χ0n) is 14.7. The number of fused-ring (bicyclic) bond motifs is 1. The van der Waals surface area contributed by atoms with Gasteiger partial charge in [0, 0.05) is 12.6 Å². The van der Waals surface area contributed by atoms with E-state index in [1.807, 2.05) is 11.6 Å². The van der Waals surface area contributed by atoms with Crippen molar-refractivity contribution in [3.05, 3.63) is 49.2 Å². The van der Waals surface area contributed by atoms with Gasteiger partial charge in [-0.2, -0.15) is 0 Å². The van der Waals surface area contributed by atoms with Gasteiger partial charge in [0.05, 0.1) is 31.4 Å². The number of aryl methyl sites for hydroxylation is 5. The molecule has 4 nitrogen and oxygen atoms in total. The van der Waals surface area contributed by atoms with Crippen molar-refractivity contribution in [3.8, 4) is 11.1 Å². The number of aromatic carboxylic acids is 1. The lowest BCUT2D eigenvalue weighted by Crippen LogP contribution is -2.05. The lowest BCUT2D eigenvalue weighted by Gasteiger charge is -2.12. The molecule has 0 radical (unpaired) electrons. The van der Waals surface area contributed by atoms with Crippen LogP contribution in [0.25, 0.3) is 22.2 Å². The Morgan fingerprint density at radius 2 is 1.64 bits per heavy atom. The molecule has 0 aliphatic heterocycles. The lowest BCUT2D eigenvalue weighted by atomic mass is 9.94. The van der Waals surface area contributed by atoms with Gasteiger partial charge in [0.2, 0.25) is 0 Å². The fourth-order valence-electron chi connectivity index (χ4n) is 3.55. The molecule has 0 saturated carbocycles. The molecule has 0 aliphatic rings. The molecule has 0 aliphatic carbocycles. The van der Waals surface area contributed by atoms with Crippen molar-refractivity contribution in [1.82, 2.24) is 9.55 Å². The minimum absolute atomic E-state index is 0.199. The van der Waals surface area contributed by atoms with Crippen molar-refractivity contribution in [1.29, 1.82) is 0 Å². The van der Waals surface area contributed by atoms with Gasteiger partial charge in [-0.1, -0.05) is 17.7 Å². The summed E-state index contributed by atoms with van der Waals surface area (Å²) >= 11 is 7.18. The maximum Gasteiger partial charge on any atom is 0.338 e. The molecule has 1 aromatic carbocycles. The van der Waals surface area contributed by atoms with E-state index in [2.05, 4.69) is 69.7 Å². The van der Waals surface area contributed by atoms with Gasteiger partial charge in [-0.05, 0) is 76.2 Å². The fraction of sp³-hybridized carbons (Fsp3) is 0.263. The van der Waals surface area contributed by atoms with E-state index in [1.54, 1.807) is 6.92 Å². The number of hydrogen-bond acceptors (Lipinski definition) is 2. The standard InChI is InChI=1S/C19H18Br2N2O2/c1-8-6-9(2)12(10(3)7-8)14-16-17(23(5)18(14)21)15(20)13(19(24)25)11(4)22-16/h6-7H,1-5H3,(H,24,25). The van der Waals surface area contributed by atoms with Crippen LogP contribution in [-0.4, -0.2) is 20.6 Å². The van der Waals surface area contributed by atoms with Crippen LogP contribution in [0.15, 0.2) is 21.2 Å². The summed E-state index contributed by atoms with van der Waals surface area (Å²) in [7, 11) is 1.90. The monoisotopic (exact) mass is 464 g/mol. The summed E-state index contributed by atoms with van der Waals surface area (Å²) in [5.41, 5.74) is 7.93. The number of nitrogens with zero attached hydrogens (tertiary/aromatic N) is 2. The van der Waals surface area contributed by atoms with Crippen LogP contribution in [-0.2, 0) is 7.05 Å². The normalized spacial score (nSPS) is 11.3. The van der Waals surface area contributed by atoms with Crippen LogP contribution in [0.3, 0.4) is 0 Å². The molecule has 6 heteroatoms. The largest absolute Gasteiger partial charge is 0.478 e. The summed E-state index contributed by atoms with van der Waals surface area (Å²) < 4.78 is 3.37. The Morgan fingerprint density at radius 1 is 1.08 bits per heavy atom. The van der Waals surface area contributed by atoms with E-state index in [1.165, 1.54) is 16.7 Å². The molecule has 0 atom stereocenters. The number of carbonyl (C=O) groups is 1. The van der Waals surface area contributed by atoms with Gasteiger partial charge in [-0.25, -0.2) is 9.78 Å². The summed E-state index contributed by atoms with van der Waals surface area (Å²) in [6.07, 6.45) is 0. The summed E-state index contributed by atoms with van der Waals surface area (Å²) in [5, 5.41) is 9.52. The van der Waals surface area contributed by atoms with Crippen LogP contribution in [0, 0.1) is 27.7 Å². The number of hydrogen-bond donors (Lipinski definition) is 1. The third-order valence-electron chi connectivity index (χ3n) is 4.51. The van der Waals surface area contributed by atoms with Crippen LogP contribution in [0.2, 0.25) is 0 Å². The molecule has 0 spiro atoms. The van der Waals surface area contributed by atoms with Crippen LogP contribution < -0.4 is 0 Å². The molecule has 1 N–H and O–H groups in total. The second kappa shape index (κ2) is 6.25. The summed E-state index contributed by atoms with van der Waals surface area (Å²) in [6.45, 7) is 8.00. The molecule has 130 valence electrons. The van der Waals surface area contributed by atoms with E-state index < -0.39 is 5.97 Å². The first kappa shape index (κ1) is 18.1. The Balaban J connectivity index is 2.51. The highest BCUT2D eigenvalue weighted by Gasteiger charge is 2.25. The van der Waals surface area contributed by atoms with Crippen molar-refractivity contribution in [3.63, 3.8) is 0 Å². The maximum atomic E-state index is 11.6. The SMILES string of the molecule is Cc1cc(C)c(-c2c(Br)n(C)c3c(Br)c(C(=O)O)c(C)nc23)c(C)c1. The minimum Gasteiger partial charge on any atom is -0.478 e. The Morgan fingerprint density at radius 3 is 2.16 bits per heavy atom. The first-order valence-electron chi connectivity index (χ1n) is 7.80. The topological polar surface area (TPSA) is 55.1 Å². The van der Waals surface area contributed by atoms with Crippen molar-refractivity contribution in [2.45, 2.75) is 27.7 Å². The third kappa shape index (κ3) is 2.72. The van der Waals surface area contributed by atoms with Gasteiger partial charge in [-0.3, -0.25) is 0 Å². The van der Waals surface area contributed by atoms with E-state index in [4.69, 9.17) is 0 Å². The average molecular weight is 466 g/mol. The van der Waals surface area contributed by atoms with Crippen LogP contribution >= 0.6 is 31.9 Å². The van der Waals surface area contributed by atoms with E-state index >= 15 is 0 Å². The van der Waals surface area contributed by atoms with Crippen molar-refractivity contribution >= 4 is 48.9 Å². The van der Waals surface area contributed by atoms with Gasteiger partial charge in [-0.15, -0.1) is 0 Å². The average Bonchev–Trinajstić information content (AvgIpc) is 2.71. The highest BCUT2D eigenvalue weighted by molar-refractivity contribution is 9.11. The molecular weight excluding hydrogens is 448 g/mol. The summed E-state index contributed by atoms with van der Waals surface area (Å²) in [4.78, 5) is 16.3. The summed E-state index contributed by atoms with van der Waals surface area (Å²) in [5.74, 6) is -0.986. The minimum atomic E-state index is -0.986. The highest BCUT2D eigenvalue weighted by atomic mass is 79.9. The zero-order chi connectivity index (χ0) is 18.6. The van der Waals surface area contributed by atoms with Crippen LogP contribution in [0.5, 0.6) is 0 Å². The van der Waals surface area contributed by atoms with E-state index in [9.17, 15) is 9.90 Å². The second-order valence-electron chi connectivity index (χ2n) is 6.39. The molecule has 0 amide bonds. The molecule has 3 aromatic rings. The van der Waals surface area contributed by atoms with Crippen molar-refractivity contribution in [2.75, 3.05) is 0 Å². The molecule has 2 aromatic heterocycles. The van der Waals surface area contributed by atoms with Gasteiger partial charge in [0.15, 0.2) is 0 Å². The number of rotatable bonds is 2. The molecule has 0 bridgehead atoms. The van der Waals surface area contributed by atoms with Gasteiger partial charge in [0.1, 0.15) is 0 Å². The Labute approximate surface area is 163 Å². The molecule has 0 saturated heterocycles. The van der Waals surface area contributed by atoms with E-state index in [0.29, 0.717) is 10.2 Å². The fourth-order valence-corrected chi connectivity index (χ4v) is 5.02. The predicted octanol–water partition coefficient (Wildman–Crippen LogP) is 5.70. The number of aromatic nitrogens is 2. The number of halogens is 2. The molecular formula is C19H18Br2N2O2. The number of benzene rings is 1. The Bertz CT molecular complexity index is 1030. The Hall–Kier alpha value is -1.66. The molecule has 3 rings (SSSR count). The summed E-state index contributed by atoms with van der Waals surface area (Å²) in [6, 6.07) is 4.31. The zero-order valence-corrected chi connectivity index (χ0v) is 17.8. The van der Waals surface area contributed by atoms with Gasteiger partial charge >= 0.3 is 5.97 Å². The lowest BCUT2D eigenvalue weighted by molar-refractivity contribution is 0.0695. The molecule has 25 heavy (non-hydrogen) atoms. The molecule has 0 fully saturated rings. The quantitative estimate of drug-likeness (QED) is 0.528. The van der Waals surface area contributed by atoms with Crippen LogP contribution in [0.4, 0.5) is 0 Å². The van der Waals surface area contributed by atoms with Gasteiger partial charge in [0.25, 0.3) is 0 Å². The van der Waals surface area contributed by atoms with Gasteiger partial charge < -0.3 is 9.67 Å². The van der Waals surface area contributed by atoms with Crippen molar-refractivity contribution in [2.24, 2.45) is 7.05 Å². The van der Waals surface area contributed by atoms with E-state index in [-0.39, 0.29) is 5.56 Å². The van der Waals surface area contributed by atoms with E-state index in [0.717, 1.165) is 26.8 Å². The first-order chi connectivity index (χ1) is 11.6. The van der Waals surface area contributed by atoms with Crippen LogP contribution in [0.1, 0.15) is 32.7 Å². The Kier molecular flexibility index (Phi) is 4.54. The number of pyridine rings is 1.